The highest BCUT2D eigenvalue weighted by Gasteiger charge is 2.13. The van der Waals surface area contributed by atoms with Gasteiger partial charge in [-0.05, 0) is 47.9 Å². The van der Waals surface area contributed by atoms with Crippen molar-refractivity contribution in [2.45, 2.75) is 25.7 Å². The number of anilines is 1. The molecular formula is C20H21FN2O4. The van der Waals surface area contributed by atoms with Crippen molar-refractivity contribution in [1.29, 1.82) is 0 Å². The molecule has 0 bridgehead atoms. The summed E-state index contributed by atoms with van der Waals surface area (Å²) in [5.41, 5.74) is 1.65. The zero-order valence-corrected chi connectivity index (χ0v) is 14.9. The third-order valence-electron chi connectivity index (χ3n) is 3.96. The smallest absolute Gasteiger partial charge is 0.305 e. The maximum Gasteiger partial charge on any atom is 0.305 e. The molecule has 0 radical (unpaired) electrons. The van der Waals surface area contributed by atoms with Crippen LogP contribution in [0.3, 0.4) is 0 Å². The topological polar surface area (TPSA) is 95.5 Å². The summed E-state index contributed by atoms with van der Waals surface area (Å²) < 4.78 is 13.3. The Morgan fingerprint density at radius 1 is 1.11 bits per heavy atom. The van der Waals surface area contributed by atoms with Crippen molar-refractivity contribution in [3.05, 3.63) is 65.5 Å². The molecular weight excluding hydrogens is 351 g/mol. The summed E-state index contributed by atoms with van der Waals surface area (Å²) in [6.07, 6.45) is 0.0459. The number of carboxylic acid groups (broad SMARTS) is 1. The van der Waals surface area contributed by atoms with Crippen LogP contribution in [-0.4, -0.2) is 29.4 Å². The maximum absolute atomic E-state index is 13.3. The van der Waals surface area contributed by atoms with Crippen molar-refractivity contribution >= 4 is 23.5 Å². The second-order valence-corrected chi connectivity index (χ2v) is 6.19. The molecule has 1 atom stereocenters. The number of carbonyl (C=O) groups is 3. The largest absolute Gasteiger partial charge is 0.481 e. The lowest BCUT2D eigenvalue weighted by Crippen LogP contribution is -2.25. The molecule has 0 spiro atoms. The van der Waals surface area contributed by atoms with E-state index in [1.807, 2.05) is 6.92 Å². The minimum Gasteiger partial charge on any atom is -0.481 e. The molecule has 27 heavy (non-hydrogen) atoms. The Labute approximate surface area is 156 Å². The standard InChI is InChI=1S/C20H21FN2O4/c1-13(15-3-2-4-16(21)12-15)11-18(24)23-17-7-5-14(6-8-17)20(27)22-10-9-19(25)26/h2-8,12-13H,9-11H2,1H3,(H,22,27)(H,23,24)(H,25,26). The highest BCUT2D eigenvalue weighted by atomic mass is 19.1. The van der Waals surface area contributed by atoms with E-state index in [-0.39, 0.29) is 42.9 Å². The number of amides is 2. The molecule has 0 aliphatic heterocycles. The molecule has 2 rings (SSSR count). The Kier molecular flexibility index (Phi) is 7.05. The Morgan fingerprint density at radius 2 is 1.81 bits per heavy atom. The van der Waals surface area contributed by atoms with E-state index in [4.69, 9.17) is 5.11 Å². The molecule has 0 fully saturated rings. The van der Waals surface area contributed by atoms with Gasteiger partial charge in [-0.15, -0.1) is 0 Å². The zero-order valence-electron chi connectivity index (χ0n) is 14.9. The highest BCUT2D eigenvalue weighted by Crippen LogP contribution is 2.20. The number of aliphatic carboxylic acids is 1. The van der Waals surface area contributed by atoms with Gasteiger partial charge in [0.1, 0.15) is 5.82 Å². The van der Waals surface area contributed by atoms with Crippen LogP contribution >= 0.6 is 0 Å². The second-order valence-electron chi connectivity index (χ2n) is 6.19. The van der Waals surface area contributed by atoms with Gasteiger partial charge >= 0.3 is 5.97 Å². The first kappa shape index (κ1) is 20.1. The molecule has 0 aliphatic carbocycles. The van der Waals surface area contributed by atoms with Crippen molar-refractivity contribution in [3.63, 3.8) is 0 Å². The van der Waals surface area contributed by atoms with Crippen LogP contribution in [0.15, 0.2) is 48.5 Å². The van der Waals surface area contributed by atoms with Gasteiger partial charge in [0.05, 0.1) is 6.42 Å². The van der Waals surface area contributed by atoms with E-state index >= 15 is 0 Å². The molecule has 2 aromatic carbocycles. The summed E-state index contributed by atoms with van der Waals surface area (Å²) in [6, 6.07) is 12.4. The highest BCUT2D eigenvalue weighted by molar-refractivity contribution is 5.96. The first-order valence-corrected chi connectivity index (χ1v) is 8.50. The molecule has 0 heterocycles. The predicted octanol–water partition coefficient (Wildman–Crippen LogP) is 3.16. The van der Waals surface area contributed by atoms with E-state index in [2.05, 4.69) is 10.6 Å². The minimum absolute atomic E-state index is 0.0463. The first-order valence-electron chi connectivity index (χ1n) is 8.50. The van der Waals surface area contributed by atoms with Crippen molar-refractivity contribution in [2.24, 2.45) is 0 Å². The predicted molar refractivity (Wildman–Crippen MR) is 99.1 cm³/mol. The minimum atomic E-state index is -0.985. The lowest BCUT2D eigenvalue weighted by Gasteiger charge is -2.12. The van der Waals surface area contributed by atoms with E-state index in [1.165, 1.54) is 12.1 Å². The number of nitrogens with one attached hydrogen (secondary N) is 2. The summed E-state index contributed by atoms with van der Waals surface area (Å²) >= 11 is 0. The molecule has 1 unspecified atom stereocenters. The fourth-order valence-corrected chi connectivity index (χ4v) is 2.51. The summed E-state index contributed by atoms with van der Waals surface area (Å²) in [4.78, 5) is 34.5. The summed E-state index contributed by atoms with van der Waals surface area (Å²) in [7, 11) is 0. The Balaban J connectivity index is 1.87. The van der Waals surface area contributed by atoms with Crippen LogP contribution in [0.2, 0.25) is 0 Å². The van der Waals surface area contributed by atoms with Gasteiger partial charge < -0.3 is 15.7 Å². The molecule has 2 aromatic rings. The van der Waals surface area contributed by atoms with Crippen LogP contribution in [0, 0.1) is 5.82 Å². The molecule has 6 nitrogen and oxygen atoms in total. The van der Waals surface area contributed by atoms with E-state index in [0.717, 1.165) is 5.56 Å². The molecule has 0 saturated carbocycles. The SMILES string of the molecule is CC(CC(=O)Nc1ccc(C(=O)NCCC(=O)O)cc1)c1cccc(F)c1. The average molecular weight is 372 g/mol. The Bertz CT molecular complexity index is 821. The molecule has 2 amide bonds. The van der Waals surface area contributed by atoms with Gasteiger partial charge in [-0.2, -0.15) is 0 Å². The lowest BCUT2D eigenvalue weighted by atomic mass is 9.97. The molecule has 7 heteroatoms. The molecule has 3 N–H and O–H groups in total. The Hall–Kier alpha value is -3.22. The zero-order chi connectivity index (χ0) is 19.8. The number of carbonyl (C=O) groups excluding carboxylic acids is 2. The lowest BCUT2D eigenvalue weighted by molar-refractivity contribution is -0.136. The van der Waals surface area contributed by atoms with E-state index < -0.39 is 5.97 Å². The van der Waals surface area contributed by atoms with Crippen LogP contribution in [0.5, 0.6) is 0 Å². The van der Waals surface area contributed by atoms with Crippen molar-refractivity contribution in [2.75, 3.05) is 11.9 Å². The summed E-state index contributed by atoms with van der Waals surface area (Å²) in [5.74, 6) is -2.06. The quantitative estimate of drug-likeness (QED) is 0.663. The fourth-order valence-electron chi connectivity index (χ4n) is 2.51. The van der Waals surface area contributed by atoms with Crippen molar-refractivity contribution in [1.82, 2.24) is 5.32 Å². The van der Waals surface area contributed by atoms with Crippen LogP contribution in [-0.2, 0) is 9.59 Å². The van der Waals surface area contributed by atoms with E-state index in [0.29, 0.717) is 11.3 Å². The van der Waals surface area contributed by atoms with Gasteiger partial charge in [0, 0.05) is 24.2 Å². The second kappa shape index (κ2) is 9.47. The monoisotopic (exact) mass is 372 g/mol. The van der Waals surface area contributed by atoms with Crippen LogP contribution in [0.25, 0.3) is 0 Å². The molecule has 0 saturated heterocycles. The summed E-state index contributed by atoms with van der Waals surface area (Å²) in [6.45, 7) is 1.89. The van der Waals surface area contributed by atoms with Gasteiger partial charge in [-0.1, -0.05) is 19.1 Å². The van der Waals surface area contributed by atoms with Gasteiger partial charge in [-0.3, -0.25) is 14.4 Å². The third-order valence-corrected chi connectivity index (χ3v) is 3.96. The number of benzene rings is 2. The Morgan fingerprint density at radius 3 is 2.44 bits per heavy atom. The number of carboxylic acids is 1. The first-order chi connectivity index (χ1) is 12.8. The third kappa shape index (κ3) is 6.54. The van der Waals surface area contributed by atoms with Gasteiger partial charge in [0.25, 0.3) is 5.91 Å². The van der Waals surface area contributed by atoms with Gasteiger partial charge in [0.15, 0.2) is 0 Å². The average Bonchev–Trinajstić information content (AvgIpc) is 2.61. The van der Waals surface area contributed by atoms with Crippen LogP contribution < -0.4 is 10.6 Å². The maximum atomic E-state index is 13.3. The fraction of sp³-hybridized carbons (Fsp3) is 0.250. The van der Waals surface area contributed by atoms with E-state index in [1.54, 1.807) is 36.4 Å². The molecule has 0 aliphatic rings. The number of halogens is 1. The number of hydrogen-bond acceptors (Lipinski definition) is 3. The van der Waals surface area contributed by atoms with E-state index in [9.17, 15) is 18.8 Å². The normalized spacial score (nSPS) is 11.5. The van der Waals surface area contributed by atoms with Crippen LogP contribution in [0.4, 0.5) is 10.1 Å². The number of rotatable bonds is 8. The van der Waals surface area contributed by atoms with Gasteiger partial charge in [-0.25, -0.2) is 4.39 Å². The van der Waals surface area contributed by atoms with Crippen LogP contribution in [0.1, 0.15) is 41.6 Å². The molecule has 0 aromatic heterocycles. The summed E-state index contributed by atoms with van der Waals surface area (Å²) in [5, 5.41) is 13.8. The number of hydrogen-bond donors (Lipinski definition) is 3. The van der Waals surface area contributed by atoms with Gasteiger partial charge in [0.2, 0.25) is 5.91 Å². The van der Waals surface area contributed by atoms with Crippen molar-refractivity contribution < 1.29 is 23.9 Å². The molecule has 142 valence electrons. The van der Waals surface area contributed by atoms with Crippen molar-refractivity contribution in [3.8, 4) is 0 Å².